The molecule has 0 unspecified atom stereocenters. The minimum Gasteiger partial charge on any atom is -0.356 e. The molecule has 0 atom stereocenters. The molecule has 0 aliphatic rings. The largest absolute Gasteiger partial charge is 0.397 e. The molecule has 1 amide bonds. The van der Waals surface area contributed by atoms with Gasteiger partial charge in [0.05, 0.1) is 0 Å². The molecule has 0 aromatic carbocycles. The third-order valence-electron chi connectivity index (χ3n) is 1.81. The van der Waals surface area contributed by atoms with Gasteiger partial charge < -0.3 is 5.32 Å². The van der Waals surface area contributed by atoms with Crippen molar-refractivity contribution in [1.29, 1.82) is 0 Å². The van der Waals surface area contributed by atoms with Crippen LogP contribution in [0.3, 0.4) is 0 Å². The first-order valence-corrected chi connectivity index (χ1v) is 4.78. The molecule has 1 heterocycles. The lowest BCUT2D eigenvalue weighted by Crippen LogP contribution is -2.29. The zero-order valence-corrected chi connectivity index (χ0v) is 8.50. The second kappa shape index (κ2) is 5.53. The molecule has 1 N–H and O–H groups in total. The summed E-state index contributed by atoms with van der Waals surface area (Å²) in [5.41, 5.74) is 0. The number of nitrogens with one attached hydrogen (secondary N) is 1. The van der Waals surface area contributed by atoms with Crippen LogP contribution in [0.2, 0.25) is 0 Å². The highest BCUT2D eigenvalue weighted by Crippen LogP contribution is 2.18. The molecule has 16 heavy (non-hydrogen) atoms. The summed E-state index contributed by atoms with van der Waals surface area (Å²) in [6.45, 7) is 0.786. The second-order valence-electron chi connectivity index (χ2n) is 3.26. The molecule has 0 saturated carbocycles. The predicted molar refractivity (Wildman–Crippen MR) is 50.5 cm³/mol. The number of aromatic nitrogens is 2. The van der Waals surface area contributed by atoms with Crippen LogP contribution in [0.1, 0.15) is 12.8 Å². The van der Waals surface area contributed by atoms with Crippen LogP contribution in [0.5, 0.6) is 0 Å². The van der Waals surface area contributed by atoms with Gasteiger partial charge in [0.15, 0.2) is 0 Å². The number of halogens is 3. The molecule has 4 nitrogen and oxygen atoms in total. The number of aryl methyl sites for hydroxylation is 1. The maximum absolute atomic E-state index is 11.8. The Hall–Kier alpha value is -1.53. The lowest BCUT2D eigenvalue weighted by Gasteiger charge is -2.07. The lowest BCUT2D eigenvalue weighted by molar-refractivity contribution is -0.153. The lowest BCUT2D eigenvalue weighted by atomic mass is 10.3. The van der Waals surface area contributed by atoms with Crippen molar-refractivity contribution in [3.05, 3.63) is 18.5 Å². The number of carbonyl (C=O) groups excluding carboxylic acids is 1. The Balaban J connectivity index is 2.09. The number of amides is 1. The third kappa shape index (κ3) is 5.38. The molecule has 7 heteroatoms. The van der Waals surface area contributed by atoms with E-state index in [-0.39, 0.29) is 6.54 Å². The molecular formula is C9H12F3N3O. The molecule has 0 bridgehead atoms. The Bertz CT molecular complexity index is 321. The van der Waals surface area contributed by atoms with E-state index in [2.05, 4.69) is 10.4 Å². The molecule has 0 fully saturated rings. The molecule has 0 saturated heterocycles. The first-order valence-electron chi connectivity index (χ1n) is 4.78. The van der Waals surface area contributed by atoms with Crippen molar-refractivity contribution >= 4 is 5.91 Å². The number of rotatable bonds is 5. The molecular weight excluding hydrogens is 223 g/mol. The van der Waals surface area contributed by atoms with Crippen molar-refractivity contribution in [1.82, 2.24) is 15.1 Å². The highest BCUT2D eigenvalue weighted by atomic mass is 19.4. The molecule has 0 aliphatic heterocycles. The summed E-state index contributed by atoms with van der Waals surface area (Å²) in [5.74, 6) is -0.993. The Morgan fingerprint density at radius 2 is 2.19 bits per heavy atom. The van der Waals surface area contributed by atoms with E-state index in [4.69, 9.17) is 0 Å². The summed E-state index contributed by atoms with van der Waals surface area (Å²) in [6, 6.07) is 1.75. The highest BCUT2D eigenvalue weighted by Gasteiger charge is 2.30. The topological polar surface area (TPSA) is 46.9 Å². The zero-order valence-electron chi connectivity index (χ0n) is 8.50. The van der Waals surface area contributed by atoms with E-state index in [0.29, 0.717) is 13.0 Å². The molecule has 1 aromatic heterocycles. The maximum atomic E-state index is 11.8. The van der Waals surface area contributed by atoms with E-state index >= 15 is 0 Å². The van der Waals surface area contributed by atoms with E-state index < -0.39 is 18.5 Å². The monoisotopic (exact) mass is 235 g/mol. The van der Waals surface area contributed by atoms with Crippen LogP contribution in [0.15, 0.2) is 18.5 Å². The van der Waals surface area contributed by atoms with Crippen molar-refractivity contribution in [2.45, 2.75) is 25.6 Å². The van der Waals surface area contributed by atoms with Gasteiger partial charge in [-0.1, -0.05) is 0 Å². The Labute approximate surface area is 90.4 Å². The fourth-order valence-electron chi connectivity index (χ4n) is 1.15. The van der Waals surface area contributed by atoms with Crippen molar-refractivity contribution in [2.24, 2.45) is 0 Å². The molecule has 0 aliphatic carbocycles. The average molecular weight is 235 g/mol. The standard InChI is InChI=1S/C9H12F3N3O/c10-9(11,12)7-8(16)13-3-1-5-15-6-2-4-14-15/h2,4,6H,1,3,5,7H2,(H,13,16). The van der Waals surface area contributed by atoms with Gasteiger partial charge in [0.1, 0.15) is 6.42 Å². The second-order valence-corrected chi connectivity index (χ2v) is 3.26. The van der Waals surface area contributed by atoms with Gasteiger partial charge in [0.25, 0.3) is 0 Å². The SMILES string of the molecule is O=C(CC(F)(F)F)NCCCn1cccn1. The van der Waals surface area contributed by atoms with Gasteiger partial charge in [-0.3, -0.25) is 9.48 Å². The van der Waals surface area contributed by atoms with E-state index in [1.807, 2.05) is 0 Å². The van der Waals surface area contributed by atoms with Crippen molar-refractivity contribution in [3.8, 4) is 0 Å². The third-order valence-corrected chi connectivity index (χ3v) is 1.81. The first-order chi connectivity index (χ1) is 7.47. The van der Waals surface area contributed by atoms with Crippen LogP contribution >= 0.6 is 0 Å². The zero-order chi connectivity index (χ0) is 12.0. The number of nitrogens with zero attached hydrogens (tertiary/aromatic N) is 2. The molecule has 0 spiro atoms. The Morgan fingerprint density at radius 1 is 1.44 bits per heavy atom. The summed E-state index contributed by atoms with van der Waals surface area (Å²) in [4.78, 5) is 10.8. The molecule has 0 radical (unpaired) electrons. The van der Waals surface area contributed by atoms with Crippen LogP contribution in [0, 0.1) is 0 Å². The predicted octanol–water partition coefficient (Wildman–Crippen LogP) is 1.34. The minimum absolute atomic E-state index is 0.217. The van der Waals surface area contributed by atoms with Crippen LogP contribution in [-0.4, -0.2) is 28.4 Å². The van der Waals surface area contributed by atoms with Crippen molar-refractivity contribution in [2.75, 3.05) is 6.54 Å². The summed E-state index contributed by atoms with van der Waals surface area (Å²) >= 11 is 0. The first kappa shape index (κ1) is 12.5. The number of carbonyl (C=O) groups is 1. The van der Waals surface area contributed by atoms with E-state index in [1.54, 1.807) is 23.1 Å². The molecule has 90 valence electrons. The van der Waals surface area contributed by atoms with Gasteiger partial charge in [-0.25, -0.2) is 0 Å². The number of hydrogen-bond acceptors (Lipinski definition) is 2. The van der Waals surface area contributed by atoms with Crippen molar-refractivity contribution in [3.63, 3.8) is 0 Å². The Kier molecular flexibility index (Phi) is 4.33. The summed E-state index contributed by atoms with van der Waals surface area (Å²) < 4.78 is 36.9. The molecule has 1 rings (SSSR count). The van der Waals surface area contributed by atoms with E-state index in [0.717, 1.165) is 0 Å². The van der Waals surface area contributed by atoms with E-state index in [9.17, 15) is 18.0 Å². The van der Waals surface area contributed by atoms with Crippen LogP contribution in [0.4, 0.5) is 13.2 Å². The number of hydrogen-bond donors (Lipinski definition) is 1. The van der Waals surface area contributed by atoms with E-state index in [1.165, 1.54) is 0 Å². The fraction of sp³-hybridized carbons (Fsp3) is 0.556. The normalized spacial score (nSPS) is 11.4. The summed E-state index contributed by atoms with van der Waals surface area (Å²) in [6.07, 6.45) is -1.95. The maximum Gasteiger partial charge on any atom is 0.397 e. The fourth-order valence-corrected chi connectivity index (χ4v) is 1.15. The van der Waals surface area contributed by atoms with Crippen molar-refractivity contribution < 1.29 is 18.0 Å². The number of alkyl halides is 3. The van der Waals surface area contributed by atoms with Crippen LogP contribution < -0.4 is 5.32 Å². The smallest absolute Gasteiger partial charge is 0.356 e. The quantitative estimate of drug-likeness (QED) is 0.783. The summed E-state index contributed by atoms with van der Waals surface area (Å²) in [7, 11) is 0. The highest BCUT2D eigenvalue weighted by molar-refractivity contribution is 5.76. The Morgan fingerprint density at radius 3 is 2.75 bits per heavy atom. The van der Waals surface area contributed by atoms with Gasteiger partial charge >= 0.3 is 6.18 Å². The van der Waals surface area contributed by atoms with Gasteiger partial charge in [-0.05, 0) is 12.5 Å². The molecule has 1 aromatic rings. The minimum atomic E-state index is -4.44. The van der Waals surface area contributed by atoms with Gasteiger partial charge in [-0.15, -0.1) is 0 Å². The van der Waals surface area contributed by atoms with Gasteiger partial charge in [0.2, 0.25) is 5.91 Å². The van der Waals surface area contributed by atoms with Crippen LogP contribution in [-0.2, 0) is 11.3 Å². The van der Waals surface area contributed by atoms with Crippen LogP contribution in [0.25, 0.3) is 0 Å². The van der Waals surface area contributed by atoms with Gasteiger partial charge in [0, 0.05) is 25.5 Å². The van der Waals surface area contributed by atoms with Gasteiger partial charge in [-0.2, -0.15) is 18.3 Å². The average Bonchev–Trinajstić information content (AvgIpc) is 2.62. The summed E-state index contributed by atoms with van der Waals surface area (Å²) in [5, 5.41) is 6.12.